The second-order valence-electron chi connectivity index (χ2n) is 6.21. The van der Waals surface area contributed by atoms with Crippen LogP contribution in [0.4, 0.5) is 0 Å². The fourth-order valence-electron chi connectivity index (χ4n) is 3.02. The summed E-state index contributed by atoms with van der Waals surface area (Å²) in [6.45, 7) is 10.1. The zero-order valence-corrected chi connectivity index (χ0v) is 13.7. The number of nitrogens with one attached hydrogen (secondary N) is 1. The highest BCUT2D eigenvalue weighted by Gasteiger charge is 2.36. The normalized spacial score (nSPS) is 28.3. The van der Waals surface area contributed by atoms with Crippen molar-refractivity contribution in [2.75, 3.05) is 6.54 Å². The van der Waals surface area contributed by atoms with Gasteiger partial charge in [0.25, 0.3) is 0 Å². The van der Waals surface area contributed by atoms with E-state index in [1.807, 2.05) is 11.3 Å². The first kappa shape index (κ1) is 15.0. The van der Waals surface area contributed by atoms with Gasteiger partial charge in [0.2, 0.25) is 0 Å². The van der Waals surface area contributed by atoms with E-state index < -0.39 is 0 Å². The van der Waals surface area contributed by atoms with E-state index in [1.165, 1.54) is 54.1 Å². The number of rotatable bonds is 4. The van der Waals surface area contributed by atoms with Gasteiger partial charge in [-0.1, -0.05) is 26.7 Å². The summed E-state index contributed by atoms with van der Waals surface area (Å²) in [7, 11) is 0. The lowest BCUT2D eigenvalue weighted by molar-refractivity contribution is 0.286. The molecule has 2 rings (SSSR count). The molecule has 1 N–H and O–H groups in total. The van der Waals surface area contributed by atoms with Crippen LogP contribution in [-0.4, -0.2) is 11.5 Å². The molecule has 0 aliphatic heterocycles. The van der Waals surface area contributed by atoms with Gasteiger partial charge in [-0.05, 0) is 52.0 Å². The van der Waals surface area contributed by atoms with Crippen molar-refractivity contribution < 1.29 is 0 Å². The molecule has 1 fully saturated rings. The number of aromatic nitrogens is 1. The molecule has 1 aliphatic carbocycles. The highest BCUT2D eigenvalue weighted by atomic mass is 32.1. The lowest BCUT2D eigenvalue weighted by atomic mass is 9.90. The third kappa shape index (κ3) is 3.38. The van der Waals surface area contributed by atoms with Gasteiger partial charge in [-0.3, -0.25) is 0 Å². The van der Waals surface area contributed by atoms with Gasteiger partial charge in [0.05, 0.1) is 11.2 Å². The Kier molecular flexibility index (Phi) is 5.02. The first-order chi connectivity index (χ1) is 9.07. The highest BCUT2D eigenvalue weighted by molar-refractivity contribution is 7.11. The zero-order chi connectivity index (χ0) is 13.9. The number of aryl methyl sites for hydroxylation is 2. The maximum absolute atomic E-state index is 4.88. The molecule has 1 aromatic heterocycles. The molecular weight excluding hydrogens is 252 g/mol. The molecule has 0 radical (unpaired) electrons. The Hall–Kier alpha value is -0.410. The predicted octanol–water partition coefficient (Wildman–Crippen LogP) is 4.56. The molecule has 3 heteroatoms. The predicted molar refractivity (Wildman–Crippen MR) is 83.8 cm³/mol. The lowest BCUT2D eigenvalue weighted by Gasteiger charge is -2.32. The molecule has 1 aliphatic rings. The van der Waals surface area contributed by atoms with Crippen molar-refractivity contribution in [2.45, 2.75) is 71.8 Å². The van der Waals surface area contributed by atoms with Gasteiger partial charge in [-0.15, -0.1) is 11.3 Å². The summed E-state index contributed by atoms with van der Waals surface area (Å²) in [5, 5.41) is 5.19. The first-order valence-electron chi connectivity index (χ1n) is 7.77. The second kappa shape index (κ2) is 6.36. The molecule has 0 spiro atoms. The van der Waals surface area contributed by atoms with E-state index in [0.717, 1.165) is 12.5 Å². The van der Waals surface area contributed by atoms with Crippen LogP contribution in [0.1, 0.15) is 68.0 Å². The van der Waals surface area contributed by atoms with Crippen LogP contribution in [0, 0.1) is 19.8 Å². The van der Waals surface area contributed by atoms with Gasteiger partial charge < -0.3 is 5.32 Å². The second-order valence-corrected chi connectivity index (χ2v) is 7.41. The average molecular weight is 280 g/mol. The number of nitrogens with zero attached hydrogens (tertiary/aromatic N) is 1. The number of thiazole rings is 1. The monoisotopic (exact) mass is 280 g/mol. The molecule has 0 amide bonds. The number of hydrogen-bond acceptors (Lipinski definition) is 3. The maximum Gasteiger partial charge on any atom is 0.113 e. The van der Waals surface area contributed by atoms with Crippen molar-refractivity contribution in [1.29, 1.82) is 0 Å². The van der Waals surface area contributed by atoms with Crippen LogP contribution in [0.5, 0.6) is 0 Å². The van der Waals surface area contributed by atoms with E-state index >= 15 is 0 Å². The van der Waals surface area contributed by atoms with Crippen molar-refractivity contribution in [1.82, 2.24) is 10.3 Å². The van der Waals surface area contributed by atoms with Crippen LogP contribution in [0.3, 0.4) is 0 Å². The van der Waals surface area contributed by atoms with Gasteiger partial charge in [0, 0.05) is 4.88 Å². The molecule has 1 heterocycles. The Bertz CT molecular complexity index is 389. The average Bonchev–Trinajstić information content (AvgIpc) is 2.62. The zero-order valence-electron chi connectivity index (χ0n) is 12.9. The summed E-state index contributed by atoms with van der Waals surface area (Å²) in [6, 6.07) is 0. The van der Waals surface area contributed by atoms with Crippen molar-refractivity contribution >= 4 is 11.3 Å². The Morgan fingerprint density at radius 1 is 1.32 bits per heavy atom. The van der Waals surface area contributed by atoms with E-state index in [1.54, 1.807) is 0 Å². The Morgan fingerprint density at radius 3 is 2.74 bits per heavy atom. The van der Waals surface area contributed by atoms with E-state index in [0.29, 0.717) is 0 Å². The summed E-state index contributed by atoms with van der Waals surface area (Å²) < 4.78 is 0. The molecule has 0 saturated heterocycles. The summed E-state index contributed by atoms with van der Waals surface area (Å²) in [4.78, 5) is 6.26. The van der Waals surface area contributed by atoms with Crippen molar-refractivity contribution in [3.8, 4) is 0 Å². The Morgan fingerprint density at radius 2 is 2.11 bits per heavy atom. The highest BCUT2D eigenvalue weighted by Crippen LogP contribution is 2.40. The third-order valence-corrected chi connectivity index (χ3v) is 5.79. The largest absolute Gasteiger partial charge is 0.305 e. The minimum Gasteiger partial charge on any atom is -0.305 e. The van der Waals surface area contributed by atoms with E-state index in [9.17, 15) is 0 Å². The van der Waals surface area contributed by atoms with Crippen LogP contribution in [0.25, 0.3) is 0 Å². The quantitative estimate of drug-likeness (QED) is 0.818. The topological polar surface area (TPSA) is 24.9 Å². The van der Waals surface area contributed by atoms with Crippen LogP contribution < -0.4 is 5.32 Å². The van der Waals surface area contributed by atoms with E-state index in [2.05, 4.69) is 33.0 Å². The van der Waals surface area contributed by atoms with Crippen LogP contribution in [0.2, 0.25) is 0 Å². The lowest BCUT2D eigenvalue weighted by Crippen LogP contribution is -2.42. The van der Waals surface area contributed by atoms with Gasteiger partial charge in [-0.2, -0.15) is 0 Å². The van der Waals surface area contributed by atoms with Gasteiger partial charge in [-0.25, -0.2) is 4.98 Å². The minimum absolute atomic E-state index is 0.157. The van der Waals surface area contributed by atoms with Gasteiger partial charge in [0.15, 0.2) is 0 Å². The fraction of sp³-hybridized carbons (Fsp3) is 0.812. The fourth-order valence-corrected chi connectivity index (χ4v) is 4.16. The van der Waals surface area contributed by atoms with Crippen LogP contribution in [-0.2, 0) is 5.54 Å². The molecule has 1 aromatic rings. The summed E-state index contributed by atoms with van der Waals surface area (Å²) >= 11 is 1.91. The molecule has 19 heavy (non-hydrogen) atoms. The molecule has 2 nitrogen and oxygen atoms in total. The minimum atomic E-state index is 0.157. The van der Waals surface area contributed by atoms with Crippen LogP contribution >= 0.6 is 11.3 Å². The Labute approximate surface area is 122 Å². The summed E-state index contributed by atoms with van der Waals surface area (Å²) in [6.07, 6.45) is 7.73. The molecule has 0 aromatic carbocycles. The maximum atomic E-state index is 4.88. The van der Waals surface area contributed by atoms with Crippen molar-refractivity contribution in [3.63, 3.8) is 0 Å². The molecule has 1 saturated carbocycles. The standard InChI is InChI=1S/C16H28N2S/c1-5-11-17-16(9-6-7-12(2)8-10-16)15-18-13(3)14(4)19-15/h12,17H,5-11H2,1-4H3. The molecule has 108 valence electrons. The van der Waals surface area contributed by atoms with Crippen molar-refractivity contribution in [3.05, 3.63) is 15.6 Å². The van der Waals surface area contributed by atoms with E-state index in [4.69, 9.17) is 4.98 Å². The SMILES string of the molecule is CCCNC1(c2nc(C)c(C)s2)CCCC(C)CC1. The third-order valence-electron chi connectivity index (χ3n) is 4.52. The van der Waals surface area contributed by atoms with Crippen LogP contribution in [0.15, 0.2) is 0 Å². The molecular formula is C16H28N2S. The first-order valence-corrected chi connectivity index (χ1v) is 8.58. The summed E-state index contributed by atoms with van der Waals surface area (Å²) in [5.74, 6) is 0.868. The van der Waals surface area contributed by atoms with E-state index in [-0.39, 0.29) is 5.54 Å². The van der Waals surface area contributed by atoms with Gasteiger partial charge in [0.1, 0.15) is 5.01 Å². The number of hydrogen-bond donors (Lipinski definition) is 1. The molecule has 2 unspecified atom stereocenters. The van der Waals surface area contributed by atoms with Crippen molar-refractivity contribution in [2.24, 2.45) is 5.92 Å². The molecule has 2 atom stereocenters. The smallest absolute Gasteiger partial charge is 0.113 e. The molecule has 0 bridgehead atoms. The summed E-state index contributed by atoms with van der Waals surface area (Å²) in [5.41, 5.74) is 1.37. The Balaban J connectivity index is 2.27. The van der Waals surface area contributed by atoms with Gasteiger partial charge >= 0.3 is 0 Å².